The quantitative estimate of drug-likeness (QED) is 0.790. The molecule has 3 aromatic rings. The fourth-order valence-electron chi connectivity index (χ4n) is 2.71. The van der Waals surface area contributed by atoms with Crippen LogP contribution >= 0.6 is 11.3 Å². The van der Waals surface area contributed by atoms with Gasteiger partial charge in [-0.2, -0.15) is 5.10 Å². The van der Waals surface area contributed by atoms with E-state index < -0.39 is 5.97 Å². The van der Waals surface area contributed by atoms with Crippen LogP contribution in [0.5, 0.6) is 0 Å². The first kappa shape index (κ1) is 12.6. The Morgan fingerprint density at radius 2 is 2.29 bits per heavy atom. The standard InChI is InChI=1S/C15H12N2O3S/c18-15(19)14-11-8-20-5-3-12(11)17(16-14)10-1-2-13-9(7-10)4-6-21-13/h1-2,4,6-7H,3,5,8H2,(H,18,19). The number of hydrogen-bond acceptors (Lipinski definition) is 4. The molecular formula is C15H12N2O3S. The van der Waals surface area contributed by atoms with E-state index in [9.17, 15) is 9.90 Å². The topological polar surface area (TPSA) is 64.3 Å². The van der Waals surface area contributed by atoms with Crippen LogP contribution in [0.4, 0.5) is 0 Å². The zero-order valence-corrected chi connectivity index (χ0v) is 11.9. The number of nitrogens with zero attached hydrogens (tertiary/aromatic N) is 2. The zero-order valence-electron chi connectivity index (χ0n) is 11.1. The predicted octanol–water partition coefficient (Wildman–Crippen LogP) is 2.86. The van der Waals surface area contributed by atoms with Crippen LogP contribution < -0.4 is 0 Å². The number of benzene rings is 1. The molecule has 1 aliphatic heterocycles. The molecule has 0 aliphatic carbocycles. The molecule has 0 saturated heterocycles. The first-order valence-corrected chi connectivity index (χ1v) is 7.51. The largest absolute Gasteiger partial charge is 0.476 e. The number of fused-ring (bicyclic) bond motifs is 2. The molecule has 21 heavy (non-hydrogen) atoms. The lowest BCUT2D eigenvalue weighted by Crippen LogP contribution is -2.13. The molecule has 4 rings (SSSR count). The van der Waals surface area contributed by atoms with E-state index in [2.05, 4.69) is 11.2 Å². The van der Waals surface area contributed by atoms with Crippen molar-refractivity contribution < 1.29 is 14.6 Å². The molecule has 1 aliphatic rings. The maximum Gasteiger partial charge on any atom is 0.356 e. The van der Waals surface area contributed by atoms with Crippen molar-refractivity contribution in [3.8, 4) is 5.69 Å². The minimum Gasteiger partial charge on any atom is -0.476 e. The van der Waals surface area contributed by atoms with E-state index in [0.29, 0.717) is 25.2 Å². The van der Waals surface area contributed by atoms with Crippen LogP contribution in [0.3, 0.4) is 0 Å². The number of rotatable bonds is 2. The second-order valence-electron chi connectivity index (χ2n) is 4.94. The number of carbonyl (C=O) groups is 1. The minimum absolute atomic E-state index is 0.0927. The number of aromatic carboxylic acids is 1. The van der Waals surface area contributed by atoms with E-state index >= 15 is 0 Å². The van der Waals surface area contributed by atoms with Gasteiger partial charge in [-0.15, -0.1) is 11.3 Å². The van der Waals surface area contributed by atoms with E-state index in [1.807, 2.05) is 23.6 Å². The average Bonchev–Trinajstić information content (AvgIpc) is 3.10. The SMILES string of the molecule is O=C(O)c1nn(-c2ccc3sccc3c2)c2c1COCC2. The van der Waals surface area contributed by atoms with Crippen molar-refractivity contribution in [1.29, 1.82) is 0 Å². The first-order chi connectivity index (χ1) is 10.2. The third kappa shape index (κ3) is 1.95. The van der Waals surface area contributed by atoms with Crippen molar-refractivity contribution in [2.75, 3.05) is 6.61 Å². The van der Waals surface area contributed by atoms with Crippen LogP contribution in [0.25, 0.3) is 15.8 Å². The Morgan fingerprint density at radius 3 is 3.14 bits per heavy atom. The van der Waals surface area contributed by atoms with Crippen LogP contribution in [0, 0.1) is 0 Å². The van der Waals surface area contributed by atoms with Gasteiger partial charge in [0.2, 0.25) is 0 Å². The second kappa shape index (κ2) is 4.68. The number of thiophene rings is 1. The molecule has 0 spiro atoms. The molecule has 0 unspecified atom stereocenters. The van der Waals surface area contributed by atoms with Gasteiger partial charge in [-0.3, -0.25) is 0 Å². The average molecular weight is 300 g/mol. The van der Waals surface area contributed by atoms with E-state index in [1.165, 1.54) is 4.70 Å². The number of aromatic nitrogens is 2. The van der Waals surface area contributed by atoms with Gasteiger partial charge in [-0.05, 0) is 35.0 Å². The fraction of sp³-hybridized carbons (Fsp3) is 0.200. The van der Waals surface area contributed by atoms with Crippen LogP contribution in [0.1, 0.15) is 21.7 Å². The van der Waals surface area contributed by atoms with E-state index in [-0.39, 0.29) is 5.69 Å². The summed E-state index contributed by atoms with van der Waals surface area (Å²) in [5.41, 5.74) is 2.62. The van der Waals surface area contributed by atoms with Crippen LogP contribution in [-0.2, 0) is 17.8 Å². The third-order valence-corrected chi connectivity index (χ3v) is 4.60. The summed E-state index contributed by atoms with van der Waals surface area (Å²) in [5.74, 6) is -1.01. The Balaban J connectivity index is 1.92. The number of carboxylic acids is 1. The molecule has 0 fully saturated rings. The van der Waals surface area contributed by atoms with E-state index in [4.69, 9.17) is 4.74 Å². The van der Waals surface area contributed by atoms with Crippen molar-refractivity contribution >= 4 is 27.4 Å². The molecule has 0 radical (unpaired) electrons. The monoisotopic (exact) mass is 300 g/mol. The molecular weight excluding hydrogens is 288 g/mol. The van der Waals surface area contributed by atoms with Gasteiger partial charge >= 0.3 is 5.97 Å². The Kier molecular flexibility index (Phi) is 2.80. The summed E-state index contributed by atoms with van der Waals surface area (Å²) >= 11 is 1.69. The van der Waals surface area contributed by atoms with Crippen molar-refractivity contribution in [3.05, 3.63) is 46.6 Å². The second-order valence-corrected chi connectivity index (χ2v) is 5.88. The van der Waals surface area contributed by atoms with Crippen molar-refractivity contribution in [1.82, 2.24) is 9.78 Å². The van der Waals surface area contributed by atoms with Gasteiger partial charge in [0, 0.05) is 16.7 Å². The Hall–Kier alpha value is -2.18. The van der Waals surface area contributed by atoms with Crippen LogP contribution in [0.15, 0.2) is 29.6 Å². The van der Waals surface area contributed by atoms with Gasteiger partial charge in [0.1, 0.15) is 0 Å². The van der Waals surface area contributed by atoms with Gasteiger partial charge in [0.05, 0.1) is 24.6 Å². The molecule has 1 N–H and O–H groups in total. The molecule has 0 bridgehead atoms. The summed E-state index contributed by atoms with van der Waals surface area (Å²) in [4.78, 5) is 11.4. The van der Waals surface area contributed by atoms with Gasteiger partial charge in [-0.25, -0.2) is 9.48 Å². The lowest BCUT2D eigenvalue weighted by atomic mass is 10.1. The Morgan fingerprint density at radius 1 is 1.38 bits per heavy atom. The Labute approximate surface area is 124 Å². The Bertz CT molecular complexity index is 850. The van der Waals surface area contributed by atoms with E-state index in [1.54, 1.807) is 16.0 Å². The highest BCUT2D eigenvalue weighted by Gasteiger charge is 2.25. The van der Waals surface area contributed by atoms with Crippen molar-refractivity contribution in [2.45, 2.75) is 13.0 Å². The lowest BCUT2D eigenvalue weighted by Gasteiger charge is -2.14. The summed E-state index contributed by atoms with van der Waals surface area (Å²) in [6.45, 7) is 0.913. The predicted molar refractivity (Wildman–Crippen MR) is 79.3 cm³/mol. The molecule has 0 saturated carbocycles. The molecule has 1 aromatic carbocycles. The smallest absolute Gasteiger partial charge is 0.356 e. The van der Waals surface area contributed by atoms with Gasteiger partial charge < -0.3 is 9.84 Å². The zero-order chi connectivity index (χ0) is 14.4. The first-order valence-electron chi connectivity index (χ1n) is 6.63. The molecule has 2 aromatic heterocycles. The van der Waals surface area contributed by atoms with E-state index in [0.717, 1.165) is 16.8 Å². The van der Waals surface area contributed by atoms with Crippen LogP contribution in [-0.4, -0.2) is 27.5 Å². The third-order valence-electron chi connectivity index (χ3n) is 3.70. The van der Waals surface area contributed by atoms with Gasteiger partial charge in [0.25, 0.3) is 0 Å². The molecule has 3 heterocycles. The number of hydrogen-bond donors (Lipinski definition) is 1. The maximum absolute atomic E-state index is 11.4. The number of carboxylic acid groups (broad SMARTS) is 1. The van der Waals surface area contributed by atoms with Gasteiger partial charge in [-0.1, -0.05) is 0 Å². The molecule has 6 heteroatoms. The summed E-state index contributed by atoms with van der Waals surface area (Å²) in [7, 11) is 0. The summed E-state index contributed by atoms with van der Waals surface area (Å²) in [6, 6.07) is 8.12. The van der Waals surface area contributed by atoms with Gasteiger partial charge in [0.15, 0.2) is 5.69 Å². The highest BCUT2D eigenvalue weighted by atomic mass is 32.1. The maximum atomic E-state index is 11.4. The summed E-state index contributed by atoms with van der Waals surface area (Å²) < 4.78 is 8.34. The summed E-state index contributed by atoms with van der Waals surface area (Å²) in [6.07, 6.45) is 0.678. The molecule has 0 atom stereocenters. The fourth-order valence-corrected chi connectivity index (χ4v) is 3.48. The normalized spacial score (nSPS) is 14.3. The highest BCUT2D eigenvalue weighted by Crippen LogP contribution is 2.27. The molecule has 0 amide bonds. The molecule has 106 valence electrons. The van der Waals surface area contributed by atoms with Crippen LogP contribution in [0.2, 0.25) is 0 Å². The van der Waals surface area contributed by atoms with Crippen molar-refractivity contribution in [3.63, 3.8) is 0 Å². The lowest BCUT2D eigenvalue weighted by molar-refractivity contribution is 0.0677. The van der Waals surface area contributed by atoms with Crippen molar-refractivity contribution in [2.24, 2.45) is 0 Å². The number of ether oxygens (including phenoxy) is 1. The highest BCUT2D eigenvalue weighted by molar-refractivity contribution is 7.17. The summed E-state index contributed by atoms with van der Waals surface area (Å²) in [5, 5.41) is 16.8. The molecule has 5 nitrogen and oxygen atoms in total. The minimum atomic E-state index is -1.01.